The molecular weight excluding hydrogens is 1110 g/mol. The van der Waals surface area contributed by atoms with Crippen molar-refractivity contribution < 1.29 is 51.5 Å². The molecule has 1 aliphatic heterocycles. The Labute approximate surface area is 453 Å². The summed E-state index contributed by atoms with van der Waals surface area (Å²) in [5.74, 6) is -7.91. The number of amides is 5. The molecule has 1 aliphatic carbocycles. The fourth-order valence-corrected chi connectivity index (χ4v) is 10.7. The molecule has 0 radical (unpaired) electrons. The van der Waals surface area contributed by atoms with Gasteiger partial charge in [-0.15, -0.1) is 11.3 Å². The molecule has 1 aromatic heterocycles. The molecule has 4 aromatic rings. The lowest BCUT2D eigenvalue weighted by atomic mass is 9.73. The van der Waals surface area contributed by atoms with E-state index in [2.05, 4.69) is 31.7 Å². The van der Waals surface area contributed by atoms with Crippen LogP contribution in [-0.4, -0.2) is 101 Å². The van der Waals surface area contributed by atoms with E-state index in [1.165, 1.54) is 28.4 Å². The third-order valence-corrected chi connectivity index (χ3v) is 15.4. The molecule has 2 heterocycles. The zero-order valence-electron chi connectivity index (χ0n) is 42.9. The van der Waals surface area contributed by atoms with Crippen molar-refractivity contribution in [3.05, 3.63) is 98.0 Å². The molecule has 5 amide bonds. The van der Waals surface area contributed by atoms with E-state index in [1.807, 2.05) is 41.6 Å². The summed E-state index contributed by atoms with van der Waals surface area (Å²) in [5.41, 5.74) is 6.77. The number of aliphatic hydroxyl groups excluding tert-OH is 1. The zero-order chi connectivity index (χ0) is 54.5. The number of aromatic nitrogens is 1. The summed E-state index contributed by atoms with van der Waals surface area (Å²) < 4.78 is 58.7. The Morgan fingerprint density at radius 3 is 2.17 bits per heavy atom. The Morgan fingerprint density at radius 2 is 1.56 bits per heavy atom. The summed E-state index contributed by atoms with van der Waals surface area (Å²) in [5, 5.41) is 22.7. The number of unbranched alkanes of at least 4 members (excludes halogenated alkanes) is 7. The fourth-order valence-electron chi connectivity index (χ4n) is 9.41. The summed E-state index contributed by atoms with van der Waals surface area (Å²) in [6.07, 6.45) is 6.75. The second-order valence-electron chi connectivity index (χ2n) is 20.6. The molecule has 6 rings (SSSR count). The van der Waals surface area contributed by atoms with Gasteiger partial charge in [0.15, 0.2) is 17.3 Å². The number of carbonyl (C=O) groups is 5. The molecule has 8 N–H and O–H groups in total. The number of hydrogen-bond acceptors (Lipinski definition) is 11. The van der Waals surface area contributed by atoms with Gasteiger partial charge in [0.1, 0.15) is 17.4 Å². The number of benzene rings is 3. The summed E-state index contributed by atoms with van der Waals surface area (Å²) in [6, 6.07) is 12.1. The number of hydrogen-bond donors (Lipinski definition) is 7. The highest BCUT2D eigenvalue weighted by molar-refractivity contribution is 14.1. The van der Waals surface area contributed by atoms with E-state index in [1.54, 1.807) is 44.5 Å². The third kappa shape index (κ3) is 15.5. The van der Waals surface area contributed by atoms with E-state index in [0.29, 0.717) is 28.6 Å². The second-order valence-corrected chi connectivity index (χ2v) is 22.7. The molecule has 2 fully saturated rings. The van der Waals surface area contributed by atoms with Crippen LogP contribution in [0.5, 0.6) is 0 Å². The monoisotopic (exact) mass is 1180 g/mol. The van der Waals surface area contributed by atoms with Crippen LogP contribution in [0, 0.1) is 33.4 Å². The van der Waals surface area contributed by atoms with Gasteiger partial charge in [-0.25, -0.2) is 28.0 Å². The van der Waals surface area contributed by atoms with E-state index >= 15 is 0 Å². The maximum Gasteiger partial charge on any atom is 0.277 e. The minimum atomic E-state index is -2.07. The van der Waals surface area contributed by atoms with Crippen LogP contribution in [0.25, 0.3) is 10.4 Å². The van der Waals surface area contributed by atoms with Crippen LogP contribution in [0.4, 0.5) is 28.9 Å². The molecule has 1 saturated carbocycles. The number of nitrogens with two attached hydrogens (primary N) is 1. The number of halogens is 5. The SMILES string of the molecule is Cc1ncsc1-c1ccc([C@H](CC(=O)NCCCCCCCCCCNCCCONC(=O)c2ccc(F)c(F)c2Nc2ccc(I)cc2F)C2(C(N)=O)CC(O)CN2C(=O)[C@@H](NC(=O)C2(F)CC2)C(C)(C)C)cc1. The Morgan fingerprint density at radius 1 is 0.907 bits per heavy atom. The predicted octanol–water partition coefficient (Wildman–Crippen LogP) is 8.79. The first-order valence-electron chi connectivity index (χ1n) is 25.6. The van der Waals surface area contributed by atoms with Gasteiger partial charge in [-0.1, -0.05) is 83.6 Å². The van der Waals surface area contributed by atoms with Crippen LogP contribution in [0.2, 0.25) is 0 Å². The van der Waals surface area contributed by atoms with Crippen LogP contribution in [0.15, 0.2) is 60.1 Å². The largest absolute Gasteiger partial charge is 0.391 e. The summed E-state index contributed by atoms with van der Waals surface area (Å²) in [7, 11) is 0. The maximum absolute atomic E-state index is 15.0. The third-order valence-electron chi connectivity index (χ3n) is 13.8. The summed E-state index contributed by atoms with van der Waals surface area (Å²) in [6.45, 7) is 8.75. The van der Waals surface area contributed by atoms with Crippen LogP contribution >= 0.6 is 33.9 Å². The highest BCUT2D eigenvalue weighted by atomic mass is 127. The Kier molecular flexibility index (Phi) is 21.0. The first-order chi connectivity index (χ1) is 35.7. The van der Waals surface area contributed by atoms with Crippen molar-refractivity contribution in [1.29, 1.82) is 0 Å². The van der Waals surface area contributed by atoms with Gasteiger partial charge in [-0.05, 0) is 122 Å². The molecule has 2 aliphatic rings. The van der Waals surface area contributed by atoms with Gasteiger partial charge in [0.2, 0.25) is 17.7 Å². The quantitative estimate of drug-likeness (QED) is 0.0124. The molecule has 0 spiro atoms. The van der Waals surface area contributed by atoms with Gasteiger partial charge < -0.3 is 37.0 Å². The number of rotatable bonds is 28. The molecule has 3 aromatic carbocycles. The molecule has 4 atom stereocenters. The number of β-amino-alcohol motifs (C(OH)–C–C–N with tert-alkyl or cyclic N) is 1. The first kappa shape index (κ1) is 59.0. The van der Waals surface area contributed by atoms with Gasteiger partial charge in [-0.3, -0.25) is 28.8 Å². The number of aliphatic hydroxyl groups is 1. The van der Waals surface area contributed by atoms with Gasteiger partial charge in [0, 0.05) is 35.4 Å². The normalized spacial score (nSPS) is 17.8. The van der Waals surface area contributed by atoms with Gasteiger partial charge in [0.05, 0.1) is 45.7 Å². The molecule has 408 valence electrons. The van der Waals surface area contributed by atoms with Crippen molar-refractivity contribution in [1.82, 2.24) is 31.3 Å². The van der Waals surface area contributed by atoms with Gasteiger partial charge in [0.25, 0.3) is 11.8 Å². The van der Waals surface area contributed by atoms with E-state index in [-0.39, 0.29) is 56.0 Å². The number of alkyl halides is 1. The van der Waals surface area contributed by atoms with Crippen molar-refractivity contribution in [3.63, 3.8) is 0 Å². The minimum absolute atomic E-state index is 0.0413. The minimum Gasteiger partial charge on any atom is -0.391 e. The number of hydroxylamine groups is 1. The van der Waals surface area contributed by atoms with Crippen LogP contribution in [0.1, 0.15) is 132 Å². The van der Waals surface area contributed by atoms with E-state index in [0.717, 1.165) is 86.2 Å². The number of aryl methyl sites for hydroxylation is 1. The fraction of sp³-hybridized carbons (Fsp3) is 0.519. The van der Waals surface area contributed by atoms with E-state index < -0.39 is 81.5 Å². The Bertz CT molecular complexity index is 2630. The molecule has 75 heavy (non-hydrogen) atoms. The number of primary amides is 1. The second kappa shape index (κ2) is 26.7. The van der Waals surface area contributed by atoms with Gasteiger partial charge in [-0.2, -0.15) is 0 Å². The molecule has 2 unspecified atom stereocenters. The smallest absolute Gasteiger partial charge is 0.277 e. The topological polar surface area (TPSA) is 217 Å². The van der Waals surface area contributed by atoms with Crippen molar-refractivity contribution in [2.75, 3.05) is 38.1 Å². The average molecular weight is 1180 g/mol. The Balaban J connectivity index is 0.912. The van der Waals surface area contributed by atoms with E-state index in [9.17, 15) is 46.6 Å². The molecule has 15 nitrogen and oxygen atoms in total. The van der Waals surface area contributed by atoms with Crippen LogP contribution in [0.3, 0.4) is 0 Å². The van der Waals surface area contributed by atoms with Crippen molar-refractivity contribution in [2.24, 2.45) is 11.1 Å². The maximum atomic E-state index is 15.0. The van der Waals surface area contributed by atoms with Gasteiger partial charge >= 0.3 is 0 Å². The van der Waals surface area contributed by atoms with E-state index in [4.69, 9.17) is 10.6 Å². The molecule has 1 saturated heterocycles. The number of nitrogens with zero attached hydrogens (tertiary/aromatic N) is 2. The van der Waals surface area contributed by atoms with Crippen molar-refractivity contribution >= 4 is 74.8 Å². The lowest BCUT2D eigenvalue weighted by Gasteiger charge is -2.44. The standard InChI is InChI=1S/C54H69F4IN8O7S/c1-33-46(75-32-63-33)35-16-14-34(15-17-35)39(54(50(60)72)30-37(68)31-67(54)49(71)47(52(2,3)4)65-51(73)53(58)22-23-53)29-43(69)62-26-12-10-8-6-5-7-9-11-24-61-25-13-27-74-66-48(70)38-19-20-40(55)44(57)45(38)64-42-21-18-36(59)28-41(42)56/h14-21,28,32,37,39,47,61,64,68H,5-13,22-27,29-31H2,1-4H3,(H2,60,72)(H,62,69)(H,65,73)(H,66,70)/t37?,39-,47+,54?/m0/s1. The summed E-state index contributed by atoms with van der Waals surface area (Å²) in [4.78, 5) is 80.1. The Hall–Kier alpha value is -5.23. The number of nitrogens with one attached hydrogen (secondary N) is 5. The van der Waals surface area contributed by atoms with Crippen LogP contribution < -0.4 is 32.5 Å². The first-order valence-corrected chi connectivity index (χ1v) is 27.5. The zero-order valence-corrected chi connectivity index (χ0v) is 45.9. The summed E-state index contributed by atoms with van der Waals surface area (Å²) >= 11 is 3.39. The van der Waals surface area contributed by atoms with Crippen molar-refractivity contribution in [3.8, 4) is 10.4 Å². The number of likely N-dealkylation sites (tertiary alicyclic amines) is 1. The van der Waals surface area contributed by atoms with Crippen molar-refractivity contribution in [2.45, 2.75) is 140 Å². The highest BCUT2D eigenvalue weighted by Crippen LogP contribution is 2.46. The molecule has 0 bridgehead atoms. The predicted molar refractivity (Wildman–Crippen MR) is 288 cm³/mol. The molecule has 21 heteroatoms. The highest BCUT2D eigenvalue weighted by Gasteiger charge is 2.60. The number of carbonyl (C=O) groups excluding carboxylic acids is 5. The lowest BCUT2D eigenvalue weighted by molar-refractivity contribution is -0.151. The lowest BCUT2D eigenvalue weighted by Crippen LogP contribution is -2.65. The molecular formula is C54H69F4IN8O7S. The average Bonchev–Trinajstić information content (AvgIpc) is 3.81. The number of anilines is 2. The number of thiazole rings is 1. The van der Waals surface area contributed by atoms with Crippen LogP contribution in [-0.2, 0) is 24.0 Å².